The molecular formula is C23H20Br2F6N2OS. The summed E-state index contributed by atoms with van der Waals surface area (Å²) < 4.78 is 84.4. The van der Waals surface area contributed by atoms with Crippen molar-refractivity contribution in [3.63, 3.8) is 0 Å². The molecule has 2 aromatic carbocycles. The molecular weight excluding hydrogens is 626 g/mol. The standard InChI is InChI=1S/C23H20Br2F6N2OS/c1-11-4-13(7-14(5-11)22(26,27)28)21(23(29,30)31)10-32-18(19(21)25)12-2-3-16(17(24)6-12)20(34)33-15-8-35-9-15/h2-7,15,18-19,32H,8-10H2,1H3,(H,33,34). The molecule has 12 heteroatoms. The first-order chi connectivity index (χ1) is 16.2. The van der Waals surface area contributed by atoms with Crippen LogP contribution in [0.3, 0.4) is 0 Å². The van der Waals surface area contributed by atoms with Gasteiger partial charge < -0.3 is 10.6 Å². The van der Waals surface area contributed by atoms with Crippen LogP contribution in [0.4, 0.5) is 26.3 Å². The molecule has 2 fully saturated rings. The third kappa shape index (κ3) is 5.00. The third-order valence-electron chi connectivity index (χ3n) is 6.36. The van der Waals surface area contributed by atoms with Gasteiger partial charge in [0.05, 0.1) is 16.0 Å². The van der Waals surface area contributed by atoms with Crippen molar-refractivity contribution >= 4 is 49.5 Å². The van der Waals surface area contributed by atoms with Crippen LogP contribution in [-0.2, 0) is 11.6 Å². The molecule has 190 valence electrons. The van der Waals surface area contributed by atoms with E-state index >= 15 is 0 Å². The van der Waals surface area contributed by atoms with E-state index in [-0.39, 0.29) is 17.5 Å². The van der Waals surface area contributed by atoms with E-state index in [1.165, 1.54) is 13.0 Å². The van der Waals surface area contributed by atoms with Gasteiger partial charge in [0.2, 0.25) is 0 Å². The Morgan fingerprint density at radius 3 is 2.34 bits per heavy atom. The number of amides is 1. The lowest BCUT2D eigenvalue weighted by Gasteiger charge is -2.36. The summed E-state index contributed by atoms with van der Waals surface area (Å²) in [4.78, 5) is 11.2. The van der Waals surface area contributed by atoms with Gasteiger partial charge in [0.25, 0.3) is 5.91 Å². The minimum atomic E-state index is -4.85. The summed E-state index contributed by atoms with van der Waals surface area (Å²) in [5.41, 5.74) is -3.28. The van der Waals surface area contributed by atoms with Crippen molar-refractivity contribution in [2.24, 2.45) is 0 Å². The predicted molar refractivity (Wildman–Crippen MR) is 130 cm³/mol. The molecule has 2 saturated heterocycles. The zero-order valence-electron chi connectivity index (χ0n) is 18.2. The maximum atomic E-state index is 14.6. The number of halogens is 8. The highest BCUT2D eigenvalue weighted by Crippen LogP contribution is 2.54. The van der Waals surface area contributed by atoms with Gasteiger partial charge in [-0.1, -0.05) is 33.6 Å². The average Bonchev–Trinajstić information content (AvgIpc) is 3.07. The summed E-state index contributed by atoms with van der Waals surface area (Å²) >= 11 is 8.25. The maximum absolute atomic E-state index is 14.6. The van der Waals surface area contributed by atoms with E-state index < -0.39 is 46.3 Å². The molecule has 3 atom stereocenters. The first kappa shape index (κ1) is 26.8. The minimum absolute atomic E-state index is 0.0876. The molecule has 3 nitrogen and oxygen atoms in total. The quantitative estimate of drug-likeness (QED) is 0.294. The Hall–Kier alpha value is -1.24. The van der Waals surface area contributed by atoms with Gasteiger partial charge >= 0.3 is 12.4 Å². The fourth-order valence-corrected chi connectivity index (χ4v) is 6.81. The highest BCUT2D eigenvalue weighted by Gasteiger charge is 2.65. The number of rotatable bonds is 4. The fraction of sp³-hybridized carbons (Fsp3) is 0.435. The molecule has 0 saturated carbocycles. The van der Waals surface area contributed by atoms with Crippen LogP contribution < -0.4 is 10.6 Å². The van der Waals surface area contributed by atoms with E-state index in [9.17, 15) is 31.1 Å². The lowest BCUT2D eigenvalue weighted by atomic mass is 9.75. The van der Waals surface area contributed by atoms with E-state index in [2.05, 4.69) is 42.5 Å². The fourth-order valence-electron chi connectivity index (χ4n) is 4.42. The zero-order valence-corrected chi connectivity index (χ0v) is 22.1. The van der Waals surface area contributed by atoms with Crippen LogP contribution in [0.1, 0.15) is 38.7 Å². The van der Waals surface area contributed by atoms with Crippen molar-refractivity contribution in [2.75, 3.05) is 18.1 Å². The van der Waals surface area contributed by atoms with Crippen LogP contribution >= 0.6 is 43.6 Å². The van der Waals surface area contributed by atoms with E-state index in [0.29, 0.717) is 21.7 Å². The molecule has 0 aliphatic carbocycles. The van der Waals surface area contributed by atoms with Crippen molar-refractivity contribution in [3.8, 4) is 0 Å². The second kappa shape index (κ2) is 9.57. The molecule has 1 amide bonds. The number of carbonyl (C=O) groups excluding carboxylic acids is 1. The number of alkyl halides is 7. The van der Waals surface area contributed by atoms with Crippen LogP contribution in [-0.4, -0.2) is 41.0 Å². The Labute approximate surface area is 219 Å². The molecule has 2 aliphatic heterocycles. The predicted octanol–water partition coefficient (Wildman–Crippen LogP) is 6.53. The van der Waals surface area contributed by atoms with E-state index in [1.54, 1.807) is 23.9 Å². The van der Waals surface area contributed by atoms with Gasteiger partial charge in [-0.25, -0.2) is 0 Å². The molecule has 0 bridgehead atoms. The van der Waals surface area contributed by atoms with Crippen molar-refractivity contribution in [1.82, 2.24) is 10.6 Å². The second-order valence-corrected chi connectivity index (χ2v) is 11.7. The van der Waals surface area contributed by atoms with E-state index in [0.717, 1.165) is 23.6 Å². The monoisotopic (exact) mass is 644 g/mol. The van der Waals surface area contributed by atoms with Crippen molar-refractivity contribution in [1.29, 1.82) is 0 Å². The van der Waals surface area contributed by atoms with Gasteiger partial charge in [0, 0.05) is 34.6 Å². The molecule has 3 unspecified atom stereocenters. The van der Waals surface area contributed by atoms with Crippen LogP contribution in [0.25, 0.3) is 0 Å². The number of hydrogen-bond donors (Lipinski definition) is 2. The Balaban J connectivity index is 1.69. The van der Waals surface area contributed by atoms with Gasteiger partial charge in [-0.15, -0.1) is 0 Å². The lowest BCUT2D eigenvalue weighted by Crippen LogP contribution is -2.49. The number of hydrogen-bond acceptors (Lipinski definition) is 3. The van der Waals surface area contributed by atoms with Gasteiger partial charge in [-0.05, 0) is 58.2 Å². The third-order valence-corrected chi connectivity index (χ3v) is 9.60. The lowest BCUT2D eigenvalue weighted by molar-refractivity contribution is -0.183. The number of thioether (sulfide) groups is 1. The van der Waals surface area contributed by atoms with Gasteiger partial charge in [-0.3, -0.25) is 4.79 Å². The largest absolute Gasteiger partial charge is 0.416 e. The smallest absolute Gasteiger partial charge is 0.348 e. The second-order valence-electron chi connectivity index (χ2n) is 8.76. The summed E-state index contributed by atoms with van der Waals surface area (Å²) in [6, 6.07) is 6.45. The Bertz CT molecular complexity index is 1140. The molecule has 35 heavy (non-hydrogen) atoms. The van der Waals surface area contributed by atoms with Crippen LogP contribution in [0.15, 0.2) is 40.9 Å². The minimum Gasteiger partial charge on any atom is -0.348 e. The van der Waals surface area contributed by atoms with Crippen LogP contribution in [0.2, 0.25) is 0 Å². The van der Waals surface area contributed by atoms with Crippen molar-refractivity contribution in [2.45, 2.75) is 41.6 Å². The van der Waals surface area contributed by atoms with Gasteiger partial charge in [-0.2, -0.15) is 38.1 Å². The Kier molecular flexibility index (Phi) is 7.33. The first-order valence-corrected chi connectivity index (χ1v) is 13.4. The SMILES string of the molecule is Cc1cc(C(F)(F)F)cc(C2(C(F)(F)F)CNC(c3ccc(C(=O)NC4CSC4)c(Br)c3)C2Br)c1. The average molecular weight is 646 g/mol. The molecule has 4 rings (SSSR count). The molecule has 0 spiro atoms. The molecule has 2 aromatic rings. The summed E-state index contributed by atoms with van der Waals surface area (Å²) in [5.74, 6) is 1.37. The molecule has 0 aromatic heterocycles. The molecule has 0 radical (unpaired) electrons. The summed E-state index contributed by atoms with van der Waals surface area (Å²) in [6.07, 6.45) is -9.63. The highest BCUT2D eigenvalue weighted by atomic mass is 79.9. The molecule has 2 heterocycles. The molecule has 2 N–H and O–H groups in total. The van der Waals surface area contributed by atoms with E-state index in [4.69, 9.17) is 0 Å². The Morgan fingerprint density at radius 2 is 1.80 bits per heavy atom. The highest BCUT2D eigenvalue weighted by molar-refractivity contribution is 9.10. The number of benzene rings is 2. The van der Waals surface area contributed by atoms with Crippen molar-refractivity contribution in [3.05, 3.63) is 68.7 Å². The summed E-state index contributed by atoms with van der Waals surface area (Å²) in [6.45, 7) is 0.728. The van der Waals surface area contributed by atoms with Gasteiger partial charge in [0.1, 0.15) is 5.41 Å². The molecule has 2 aliphatic rings. The summed E-state index contributed by atoms with van der Waals surface area (Å²) in [5, 5.41) is 5.74. The van der Waals surface area contributed by atoms with Crippen LogP contribution in [0.5, 0.6) is 0 Å². The number of aryl methyl sites for hydroxylation is 1. The summed E-state index contributed by atoms with van der Waals surface area (Å²) in [7, 11) is 0. The van der Waals surface area contributed by atoms with Crippen LogP contribution in [0, 0.1) is 6.92 Å². The first-order valence-electron chi connectivity index (χ1n) is 10.6. The number of nitrogens with one attached hydrogen (secondary N) is 2. The zero-order chi connectivity index (χ0) is 25.8. The topological polar surface area (TPSA) is 41.1 Å². The number of carbonyl (C=O) groups is 1. The van der Waals surface area contributed by atoms with Crippen molar-refractivity contribution < 1.29 is 31.1 Å². The Morgan fingerprint density at radius 1 is 1.11 bits per heavy atom. The normalized spacial score (nSPS) is 25.4. The van der Waals surface area contributed by atoms with Gasteiger partial charge in [0.15, 0.2) is 0 Å². The van der Waals surface area contributed by atoms with E-state index in [1.807, 2.05) is 0 Å². The maximum Gasteiger partial charge on any atom is 0.416 e.